The van der Waals surface area contributed by atoms with Crippen molar-refractivity contribution in [1.82, 2.24) is 20.5 Å². The van der Waals surface area contributed by atoms with Crippen LogP contribution in [0.1, 0.15) is 33.4 Å². The average Bonchev–Trinajstić information content (AvgIpc) is 2.83. The summed E-state index contributed by atoms with van der Waals surface area (Å²) in [7, 11) is 0. The van der Waals surface area contributed by atoms with E-state index in [0.29, 0.717) is 36.9 Å². The maximum atomic E-state index is 13.1. The molecule has 3 rings (SSSR count). The van der Waals surface area contributed by atoms with Gasteiger partial charge in [-0.15, -0.1) is 0 Å². The first-order chi connectivity index (χ1) is 17.0. The Morgan fingerprint density at radius 2 is 1.69 bits per heavy atom. The first kappa shape index (κ1) is 27.3. The highest BCUT2D eigenvalue weighted by molar-refractivity contribution is 6.30. The highest BCUT2D eigenvalue weighted by Gasteiger charge is 2.30. The fourth-order valence-corrected chi connectivity index (χ4v) is 4.00. The van der Waals surface area contributed by atoms with E-state index >= 15 is 0 Å². The van der Waals surface area contributed by atoms with E-state index < -0.39 is 29.7 Å². The van der Waals surface area contributed by atoms with Gasteiger partial charge in [-0.2, -0.15) is 0 Å². The molecule has 0 saturated carbocycles. The SMILES string of the molecule is C[C@H](NC(=O)[C@H](Cc1ccccn1)NC(=O)OC(C)(C)C)C(=O)N1CCN(c2ccc(Cl)cc2)CC1. The third-order valence-corrected chi connectivity index (χ3v) is 5.91. The number of aromatic nitrogens is 1. The van der Waals surface area contributed by atoms with Crippen LogP contribution in [0.2, 0.25) is 5.02 Å². The summed E-state index contributed by atoms with van der Waals surface area (Å²) < 4.78 is 5.32. The highest BCUT2D eigenvalue weighted by Crippen LogP contribution is 2.19. The molecule has 9 nitrogen and oxygen atoms in total. The maximum absolute atomic E-state index is 13.1. The van der Waals surface area contributed by atoms with E-state index in [1.807, 2.05) is 24.3 Å². The normalized spacial score (nSPS) is 15.6. The van der Waals surface area contributed by atoms with Crippen molar-refractivity contribution in [3.8, 4) is 0 Å². The summed E-state index contributed by atoms with van der Waals surface area (Å²) in [6.07, 6.45) is 1.07. The first-order valence-electron chi connectivity index (χ1n) is 12.0. The predicted molar refractivity (Wildman–Crippen MR) is 139 cm³/mol. The molecule has 2 N–H and O–H groups in total. The van der Waals surface area contributed by atoms with Crippen molar-refractivity contribution in [2.24, 2.45) is 0 Å². The highest BCUT2D eigenvalue weighted by atomic mass is 35.5. The molecule has 1 fully saturated rings. The molecule has 0 spiro atoms. The molecule has 1 aliphatic rings. The molecule has 2 aromatic rings. The van der Waals surface area contributed by atoms with Crippen LogP contribution in [-0.2, 0) is 20.7 Å². The first-order valence-corrected chi connectivity index (χ1v) is 12.4. The number of amides is 3. The second kappa shape index (κ2) is 12.1. The van der Waals surface area contributed by atoms with E-state index in [4.69, 9.17) is 16.3 Å². The fraction of sp³-hybridized carbons (Fsp3) is 0.462. The summed E-state index contributed by atoms with van der Waals surface area (Å²) in [5.74, 6) is -0.653. The quantitative estimate of drug-likeness (QED) is 0.587. The van der Waals surface area contributed by atoms with E-state index in [9.17, 15) is 14.4 Å². The molecule has 0 unspecified atom stereocenters. The van der Waals surface area contributed by atoms with Gasteiger partial charge in [-0.1, -0.05) is 17.7 Å². The lowest BCUT2D eigenvalue weighted by molar-refractivity contribution is -0.136. The van der Waals surface area contributed by atoms with Gasteiger partial charge >= 0.3 is 6.09 Å². The number of carbonyl (C=O) groups is 3. The summed E-state index contributed by atoms with van der Waals surface area (Å²) in [5.41, 5.74) is 0.970. The van der Waals surface area contributed by atoms with E-state index in [2.05, 4.69) is 20.5 Å². The molecule has 1 aromatic carbocycles. The Balaban J connectivity index is 1.58. The Bertz CT molecular complexity index is 1030. The van der Waals surface area contributed by atoms with Gasteiger partial charge in [-0.25, -0.2) is 4.79 Å². The van der Waals surface area contributed by atoms with Crippen molar-refractivity contribution in [3.05, 3.63) is 59.4 Å². The van der Waals surface area contributed by atoms with E-state index in [1.165, 1.54) is 0 Å². The van der Waals surface area contributed by atoms with Gasteiger partial charge in [-0.05, 0) is 64.1 Å². The van der Waals surface area contributed by atoms with Gasteiger partial charge in [0.2, 0.25) is 11.8 Å². The Kier molecular flexibility index (Phi) is 9.14. The third kappa shape index (κ3) is 8.12. The lowest BCUT2D eigenvalue weighted by atomic mass is 10.1. The molecule has 10 heteroatoms. The molecule has 2 atom stereocenters. The molecule has 3 amide bonds. The van der Waals surface area contributed by atoms with Crippen LogP contribution >= 0.6 is 11.6 Å². The van der Waals surface area contributed by atoms with Crippen LogP contribution in [-0.4, -0.2) is 71.7 Å². The predicted octanol–water partition coefficient (Wildman–Crippen LogP) is 3.02. The van der Waals surface area contributed by atoms with Crippen molar-refractivity contribution in [2.45, 2.75) is 51.8 Å². The van der Waals surface area contributed by atoms with Crippen molar-refractivity contribution in [1.29, 1.82) is 0 Å². The molecular weight excluding hydrogens is 482 g/mol. The number of hydrogen-bond acceptors (Lipinski definition) is 6. The zero-order valence-corrected chi connectivity index (χ0v) is 21.9. The van der Waals surface area contributed by atoms with Crippen LogP contribution in [0.5, 0.6) is 0 Å². The number of pyridine rings is 1. The second-order valence-electron chi connectivity index (χ2n) is 9.74. The molecular formula is C26H34ClN5O4. The van der Waals surface area contributed by atoms with Gasteiger partial charge in [0.15, 0.2) is 0 Å². The zero-order chi connectivity index (χ0) is 26.3. The Morgan fingerprint density at radius 3 is 2.28 bits per heavy atom. The van der Waals surface area contributed by atoms with Gasteiger partial charge < -0.3 is 25.2 Å². The lowest BCUT2D eigenvalue weighted by Crippen LogP contribution is -2.57. The molecule has 2 heterocycles. The minimum atomic E-state index is -0.952. The second-order valence-corrected chi connectivity index (χ2v) is 10.2. The smallest absolute Gasteiger partial charge is 0.408 e. The van der Waals surface area contributed by atoms with Crippen LogP contribution in [0.4, 0.5) is 10.5 Å². The van der Waals surface area contributed by atoms with Gasteiger partial charge in [0.25, 0.3) is 0 Å². The van der Waals surface area contributed by atoms with Gasteiger partial charge in [0, 0.05) is 55.2 Å². The molecule has 1 saturated heterocycles. The fourth-order valence-electron chi connectivity index (χ4n) is 3.87. The van der Waals surface area contributed by atoms with Crippen LogP contribution in [0.15, 0.2) is 48.7 Å². The number of carbonyl (C=O) groups excluding carboxylic acids is 3. The maximum Gasteiger partial charge on any atom is 0.408 e. The molecule has 194 valence electrons. The minimum Gasteiger partial charge on any atom is -0.444 e. The molecule has 1 aromatic heterocycles. The van der Waals surface area contributed by atoms with E-state index in [0.717, 1.165) is 5.69 Å². The van der Waals surface area contributed by atoms with E-state index in [-0.39, 0.29) is 12.3 Å². The van der Waals surface area contributed by atoms with E-state index in [1.54, 1.807) is 57.0 Å². The number of nitrogens with one attached hydrogen (secondary N) is 2. The largest absolute Gasteiger partial charge is 0.444 e. The van der Waals surface area contributed by atoms with Crippen LogP contribution in [0, 0.1) is 0 Å². The van der Waals surface area contributed by atoms with Crippen molar-refractivity contribution in [3.63, 3.8) is 0 Å². The number of benzene rings is 1. The average molecular weight is 516 g/mol. The lowest BCUT2D eigenvalue weighted by Gasteiger charge is -2.37. The Labute approximate surface area is 217 Å². The van der Waals surface area contributed by atoms with Crippen LogP contribution in [0.3, 0.4) is 0 Å². The van der Waals surface area contributed by atoms with Gasteiger partial charge in [0.1, 0.15) is 17.7 Å². The third-order valence-electron chi connectivity index (χ3n) is 5.66. The molecule has 0 aliphatic carbocycles. The summed E-state index contributed by atoms with van der Waals surface area (Å²) in [6.45, 7) is 9.31. The number of piperazine rings is 1. The van der Waals surface area contributed by atoms with Crippen molar-refractivity contribution >= 4 is 35.2 Å². The number of hydrogen-bond donors (Lipinski definition) is 2. The monoisotopic (exact) mass is 515 g/mol. The number of nitrogens with zero attached hydrogens (tertiary/aromatic N) is 3. The summed E-state index contributed by atoms with van der Waals surface area (Å²) in [5, 5.41) is 6.06. The summed E-state index contributed by atoms with van der Waals surface area (Å²) >= 11 is 5.98. The Hall–Kier alpha value is -3.33. The summed E-state index contributed by atoms with van der Waals surface area (Å²) in [6, 6.07) is 11.2. The van der Waals surface area contributed by atoms with Crippen LogP contribution < -0.4 is 15.5 Å². The number of anilines is 1. The topological polar surface area (TPSA) is 104 Å². The summed E-state index contributed by atoms with van der Waals surface area (Å²) in [4.78, 5) is 46.7. The minimum absolute atomic E-state index is 0.159. The van der Waals surface area contributed by atoms with Crippen LogP contribution in [0.25, 0.3) is 0 Å². The molecule has 0 bridgehead atoms. The molecule has 0 radical (unpaired) electrons. The molecule has 1 aliphatic heterocycles. The van der Waals surface area contributed by atoms with Crippen molar-refractivity contribution < 1.29 is 19.1 Å². The number of alkyl carbamates (subject to hydrolysis) is 1. The molecule has 36 heavy (non-hydrogen) atoms. The number of rotatable bonds is 7. The van der Waals surface area contributed by atoms with Gasteiger partial charge in [-0.3, -0.25) is 14.6 Å². The number of halogens is 1. The standard InChI is InChI=1S/C26H34ClN5O4/c1-18(24(34)32-15-13-31(14-16-32)21-10-8-19(27)9-11-21)29-23(33)22(17-20-7-5-6-12-28-20)30-25(35)36-26(2,3)4/h5-12,18,22H,13-17H2,1-4H3,(H,29,33)(H,30,35)/t18-,22-/m0/s1. The van der Waals surface area contributed by atoms with Crippen molar-refractivity contribution in [2.75, 3.05) is 31.1 Å². The van der Waals surface area contributed by atoms with Gasteiger partial charge in [0.05, 0.1) is 0 Å². The number of ether oxygens (including phenoxy) is 1. The zero-order valence-electron chi connectivity index (χ0n) is 21.2. The Morgan fingerprint density at radius 1 is 1.03 bits per heavy atom.